The second kappa shape index (κ2) is 10.2. The Morgan fingerprint density at radius 1 is 1.18 bits per heavy atom. The summed E-state index contributed by atoms with van der Waals surface area (Å²) in [6, 6.07) is 16.7. The first-order valence-corrected chi connectivity index (χ1v) is 11.3. The molecule has 0 unspecified atom stereocenters. The van der Waals surface area contributed by atoms with Crippen molar-refractivity contribution < 1.29 is 23.9 Å². The van der Waals surface area contributed by atoms with Crippen LogP contribution < -0.4 is 9.47 Å². The van der Waals surface area contributed by atoms with Crippen molar-refractivity contribution in [1.29, 1.82) is 0 Å². The molecule has 3 aromatic carbocycles. The Kier molecular flexibility index (Phi) is 7.13. The van der Waals surface area contributed by atoms with Crippen molar-refractivity contribution in [3.63, 3.8) is 0 Å². The molecule has 10 heteroatoms. The van der Waals surface area contributed by atoms with Crippen LogP contribution >= 0.6 is 34.2 Å². The van der Waals surface area contributed by atoms with Crippen molar-refractivity contribution in [1.82, 2.24) is 0 Å². The second-order valence-electron chi connectivity index (χ2n) is 7.05. The zero-order valence-corrected chi connectivity index (χ0v) is 20.6. The third-order valence-corrected chi connectivity index (χ3v) is 6.16. The zero-order chi connectivity index (χ0) is 24.2. The molecule has 1 aliphatic heterocycles. The van der Waals surface area contributed by atoms with Gasteiger partial charge in [0.1, 0.15) is 6.61 Å². The van der Waals surface area contributed by atoms with Gasteiger partial charge in [0.25, 0.3) is 5.69 Å². The number of esters is 1. The van der Waals surface area contributed by atoms with Crippen LogP contribution in [-0.4, -0.2) is 23.9 Å². The summed E-state index contributed by atoms with van der Waals surface area (Å²) in [7, 11) is 1.50. The summed E-state index contributed by atoms with van der Waals surface area (Å²) < 4.78 is 17.7. The minimum absolute atomic E-state index is 0.0546. The number of methoxy groups -OCH3 is 1. The van der Waals surface area contributed by atoms with E-state index in [-0.39, 0.29) is 17.3 Å². The Balaban J connectivity index is 1.58. The van der Waals surface area contributed by atoms with E-state index in [1.807, 2.05) is 24.3 Å². The van der Waals surface area contributed by atoms with Gasteiger partial charge in [-0.1, -0.05) is 29.8 Å². The smallest absolute Gasteiger partial charge is 0.363 e. The normalized spacial score (nSPS) is 14.0. The average molecular weight is 591 g/mol. The number of nitro benzene ring substituents is 1. The highest BCUT2D eigenvalue weighted by Gasteiger charge is 2.25. The summed E-state index contributed by atoms with van der Waals surface area (Å²) in [6.45, 7) is 0.310. The van der Waals surface area contributed by atoms with Crippen LogP contribution in [0.25, 0.3) is 6.08 Å². The van der Waals surface area contributed by atoms with Gasteiger partial charge in [0.15, 0.2) is 17.2 Å². The monoisotopic (exact) mass is 590 g/mol. The van der Waals surface area contributed by atoms with Crippen LogP contribution in [0, 0.1) is 13.7 Å². The molecule has 172 valence electrons. The van der Waals surface area contributed by atoms with Crippen molar-refractivity contribution in [2.75, 3.05) is 7.11 Å². The fourth-order valence-corrected chi connectivity index (χ4v) is 3.96. The number of halogens is 2. The highest BCUT2D eigenvalue weighted by molar-refractivity contribution is 14.1. The lowest BCUT2D eigenvalue weighted by Gasteiger charge is -2.14. The number of rotatable bonds is 7. The second-order valence-corrected chi connectivity index (χ2v) is 8.62. The zero-order valence-electron chi connectivity index (χ0n) is 17.7. The van der Waals surface area contributed by atoms with Crippen molar-refractivity contribution in [3.05, 3.63) is 102 Å². The quantitative estimate of drug-likeness (QED) is 0.114. The Morgan fingerprint density at radius 3 is 2.59 bits per heavy atom. The molecule has 0 bridgehead atoms. The van der Waals surface area contributed by atoms with E-state index in [0.29, 0.717) is 34.3 Å². The minimum Gasteiger partial charge on any atom is -0.493 e. The van der Waals surface area contributed by atoms with E-state index in [2.05, 4.69) is 27.6 Å². The van der Waals surface area contributed by atoms with Gasteiger partial charge in [-0.3, -0.25) is 10.1 Å². The number of cyclic esters (lactones) is 1. The molecule has 0 saturated carbocycles. The van der Waals surface area contributed by atoms with E-state index in [0.717, 1.165) is 9.13 Å². The number of carbonyl (C=O) groups excluding carboxylic acids is 1. The predicted molar refractivity (Wildman–Crippen MR) is 135 cm³/mol. The van der Waals surface area contributed by atoms with Crippen LogP contribution in [0.3, 0.4) is 0 Å². The van der Waals surface area contributed by atoms with Gasteiger partial charge in [-0.15, -0.1) is 0 Å². The molecule has 3 aromatic rings. The lowest BCUT2D eigenvalue weighted by molar-refractivity contribution is -0.384. The first-order valence-electron chi connectivity index (χ1n) is 9.87. The average Bonchev–Trinajstić information content (AvgIpc) is 3.19. The summed E-state index contributed by atoms with van der Waals surface area (Å²) in [5, 5.41) is 11.1. The van der Waals surface area contributed by atoms with E-state index in [4.69, 9.17) is 25.8 Å². The molecule has 0 amide bonds. The third-order valence-electron chi connectivity index (χ3n) is 4.83. The fraction of sp³-hybridized carbons (Fsp3) is 0.0833. The number of hydrogen-bond acceptors (Lipinski definition) is 7. The van der Waals surface area contributed by atoms with Crippen molar-refractivity contribution in [2.45, 2.75) is 6.61 Å². The van der Waals surface area contributed by atoms with Crippen LogP contribution in [0.4, 0.5) is 5.69 Å². The first kappa shape index (κ1) is 23.7. The van der Waals surface area contributed by atoms with Crippen LogP contribution in [-0.2, 0) is 16.1 Å². The van der Waals surface area contributed by atoms with E-state index in [1.54, 1.807) is 12.1 Å². The van der Waals surface area contributed by atoms with Gasteiger partial charge in [-0.05, 0) is 64.6 Å². The number of non-ortho nitro benzene ring substituents is 1. The van der Waals surface area contributed by atoms with E-state index in [9.17, 15) is 14.9 Å². The highest BCUT2D eigenvalue weighted by Crippen LogP contribution is 2.38. The molecule has 4 rings (SSSR count). The largest absolute Gasteiger partial charge is 0.493 e. The fourth-order valence-electron chi connectivity index (χ4n) is 3.14. The molecule has 34 heavy (non-hydrogen) atoms. The predicted octanol–water partition coefficient (Wildman–Crippen LogP) is 5.78. The number of hydrogen-bond donors (Lipinski definition) is 0. The third kappa shape index (κ3) is 5.20. The number of ether oxygens (including phenoxy) is 3. The summed E-state index contributed by atoms with van der Waals surface area (Å²) in [5.41, 5.74) is 1.99. The summed E-state index contributed by atoms with van der Waals surface area (Å²) >= 11 is 8.70. The lowest BCUT2D eigenvalue weighted by atomic mass is 10.1. The summed E-state index contributed by atoms with van der Waals surface area (Å²) in [5.74, 6) is 0.190. The number of nitro groups is 1. The summed E-state index contributed by atoms with van der Waals surface area (Å²) in [4.78, 5) is 26.9. The highest BCUT2D eigenvalue weighted by atomic mass is 127. The maximum absolute atomic E-state index is 12.3. The number of benzene rings is 3. The van der Waals surface area contributed by atoms with Gasteiger partial charge in [0.05, 0.1) is 17.1 Å². The van der Waals surface area contributed by atoms with E-state index in [1.165, 1.54) is 37.5 Å². The number of carbonyl (C=O) groups is 1. The Bertz CT molecular complexity index is 1340. The molecule has 1 heterocycles. The molecule has 0 aromatic heterocycles. The topological polar surface area (TPSA) is 100 Å². The molecule has 0 saturated heterocycles. The van der Waals surface area contributed by atoms with Gasteiger partial charge < -0.3 is 14.2 Å². The van der Waals surface area contributed by atoms with E-state index < -0.39 is 10.9 Å². The maximum atomic E-state index is 12.3. The first-order chi connectivity index (χ1) is 16.4. The van der Waals surface area contributed by atoms with E-state index >= 15 is 0 Å². The molecule has 8 nitrogen and oxygen atoms in total. The molecule has 0 atom stereocenters. The van der Waals surface area contributed by atoms with Gasteiger partial charge in [-0.2, -0.15) is 0 Å². The van der Waals surface area contributed by atoms with Crippen molar-refractivity contribution >= 4 is 57.8 Å². The van der Waals surface area contributed by atoms with Gasteiger partial charge in [0.2, 0.25) is 5.90 Å². The molecule has 0 spiro atoms. The van der Waals surface area contributed by atoms with Gasteiger partial charge >= 0.3 is 5.97 Å². The number of aliphatic imine (C=N–C) groups is 1. The Morgan fingerprint density at radius 2 is 1.91 bits per heavy atom. The molecule has 0 N–H and O–H groups in total. The Labute approximate surface area is 213 Å². The SMILES string of the molecule is COc1cc(/C=C2\N=C(c3ccc([N+](=O)[O-])cc3)OC2=O)cc(Cl)c1OCc1ccccc1I. The molecule has 1 aliphatic rings. The van der Waals surface area contributed by atoms with Gasteiger partial charge in [-0.25, -0.2) is 9.79 Å². The van der Waals surface area contributed by atoms with Crippen LogP contribution in [0.1, 0.15) is 16.7 Å². The van der Waals surface area contributed by atoms with Crippen LogP contribution in [0.2, 0.25) is 5.02 Å². The molecule has 0 aliphatic carbocycles. The maximum Gasteiger partial charge on any atom is 0.363 e. The van der Waals surface area contributed by atoms with Crippen LogP contribution in [0.5, 0.6) is 11.5 Å². The lowest BCUT2D eigenvalue weighted by Crippen LogP contribution is -2.05. The van der Waals surface area contributed by atoms with Crippen molar-refractivity contribution in [2.24, 2.45) is 4.99 Å². The number of nitrogens with zero attached hydrogens (tertiary/aromatic N) is 2. The standard InChI is InChI=1S/C24H16ClIN2O6/c1-32-21-12-14(10-18(25)22(21)33-13-16-4-2-3-5-19(16)26)11-20-24(29)34-23(27-20)15-6-8-17(9-7-15)28(30)31/h2-12H,13H2,1H3/b20-11-. The van der Waals surface area contributed by atoms with Crippen LogP contribution in [0.15, 0.2) is 71.4 Å². The molecular formula is C24H16ClIN2O6. The molecule has 0 fully saturated rings. The molecule has 0 radical (unpaired) electrons. The minimum atomic E-state index is -0.651. The molecular weight excluding hydrogens is 575 g/mol. The van der Waals surface area contributed by atoms with Crippen molar-refractivity contribution in [3.8, 4) is 11.5 Å². The van der Waals surface area contributed by atoms with Gasteiger partial charge in [0, 0.05) is 26.8 Å². The Hall–Kier alpha value is -3.44. The summed E-state index contributed by atoms with van der Waals surface area (Å²) in [6.07, 6.45) is 1.51.